The number of nitrogens with one attached hydrogen (secondary N) is 1. The minimum Gasteiger partial charge on any atom is -0.478 e. The standard InChI is InChI=1S/C20H14ClN3O4S2/c21-16-9-15(19-23-5-6-29-19)17(7-13(16)10-22)24-30(27,28)18-8-12(20(25)26)3-4-14(18)11-1-2-11/h3-9,11,24H,1-2H2,(H,25,26). The largest absolute Gasteiger partial charge is 0.478 e. The summed E-state index contributed by atoms with van der Waals surface area (Å²) in [6.07, 6.45) is 3.27. The number of carboxylic acids is 1. The molecule has 0 amide bonds. The van der Waals surface area contributed by atoms with Crippen molar-refractivity contribution < 1.29 is 18.3 Å². The van der Waals surface area contributed by atoms with Gasteiger partial charge in [0.15, 0.2) is 0 Å². The fourth-order valence-corrected chi connectivity index (χ4v) is 5.38. The highest BCUT2D eigenvalue weighted by atomic mass is 35.5. The summed E-state index contributed by atoms with van der Waals surface area (Å²) in [6, 6.07) is 8.92. The summed E-state index contributed by atoms with van der Waals surface area (Å²) in [5.41, 5.74) is 1.15. The molecular weight excluding hydrogens is 446 g/mol. The third kappa shape index (κ3) is 3.89. The summed E-state index contributed by atoms with van der Waals surface area (Å²) >= 11 is 7.44. The molecule has 0 spiro atoms. The second-order valence-corrected chi connectivity index (χ2v) is 9.72. The van der Waals surface area contributed by atoms with Crippen molar-refractivity contribution in [2.45, 2.75) is 23.7 Å². The number of rotatable bonds is 6. The lowest BCUT2D eigenvalue weighted by atomic mass is 10.1. The summed E-state index contributed by atoms with van der Waals surface area (Å²) in [7, 11) is -4.15. The molecule has 0 unspecified atom stereocenters. The molecule has 1 aliphatic rings. The molecule has 1 aromatic heterocycles. The van der Waals surface area contributed by atoms with Crippen molar-refractivity contribution in [1.29, 1.82) is 5.26 Å². The molecule has 2 N–H and O–H groups in total. The molecule has 7 nitrogen and oxygen atoms in total. The van der Waals surface area contributed by atoms with E-state index in [0.717, 1.165) is 12.8 Å². The number of aromatic nitrogens is 1. The topological polar surface area (TPSA) is 120 Å². The Morgan fingerprint density at radius 3 is 2.67 bits per heavy atom. The van der Waals surface area contributed by atoms with Crippen LogP contribution in [0.2, 0.25) is 5.02 Å². The number of nitriles is 1. The number of hydrogen-bond donors (Lipinski definition) is 2. The van der Waals surface area contributed by atoms with Gasteiger partial charge >= 0.3 is 5.97 Å². The molecule has 0 bridgehead atoms. The Balaban J connectivity index is 1.84. The minimum absolute atomic E-state index is 0.0801. The Morgan fingerprint density at radius 2 is 2.07 bits per heavy atom. The van der Waals surface area contributed by atoms with E-state index in [1.165, 1.54) is 35.6 Å². The lowest BCUT2D eigenvalue weighted by molar-refractivity contribution is 0.0696. The van der Waals surface area contributed by atoms with Crippen molar-refractivity contribution in [1.82, 2.24) is 4.98 Å². The van der Waals surface area contributed by atoms with Crippen LogP contribution in [0.25, 0.3) is 10.6 Å². The van der Waals surface area contributed by atoms with Crippen molar-refractivity contribution in [3.05, 3.63) is 63.6 Å². The first kappa shape index (κ1) is 20.3. The van der Waals surface area contributed by atoms with Crippen LogP contribution in [0.4, 0.5) is 5.69 Å². The van der Waals surface area contributed by atoms with Crippen LogP contribution in [0.1, 0.15) is 40.2 Å². The maximum absolute atomic E-state index is 13.3. The molecule has 0 atom stereocenters. The van der Waals surface area contributed by atoms with Gasteiger partial charge in [-0.3, -0.25) is 4.72 Å². The zero-order chi connectivity index (χ0) is 21.5. The van der Waals surface area contributed by atoms with E-state index in [0.29, 0.717) is 16.1 Å². The average molecular weight is 460 g/mol. The van der Waals surface area contributed by atoms with Gasteiger partial charge < -0.3 is 5.11 Å². The maximum Gasteiger partial charge on any atom is 0.335 e. The summed E-state index contributed by atoms with van der Waals surface area (Å²) in [5.74, 6) is -1.13. The Labute approximate surface area is 181 Å². The number of aromatic carboxylic acids is 1. The summed E-state index contributed by atoms with van der Waals surface area (Å²) < 4.78 is 29.1. The van der Waals surface area contributed by atoms with Crippen LogP contribution in [0.5, 0.6) is 0 Å². The fraction of sp³-hybridized carbons (Fsp3) is 0.150. The Bertz CT molecular complexity index is 1290. The second-order valence-electron chi connectivity index (χ2n) is 6.76. The van der Waals surface area contributed by atoms with E-state index < -0.39 is 16.0 Å². The fourth-order valence-electron chi connectivity index (χ4n) is 3.11. The highest BCUT2D eigenvalue weighted by Crippen LogP contribution is 2.44. The molecule has 10 heteroatoms. The Morgan fingerprint density at radius 1 is 1.30 bits per heavy atom. The number of hydrogen-bond acceptors (Lipinski definition) is 6. The third-order valence-corrected chi connectivity index (χ3v) is 7.24. The molecule has 0 radical (unpaired) electrons. The SMILES string of the molecule is N#Cc1cc(NS(=O)(=O)c2cc(C(=O)O)ccc2C2CC2)c(-c2nccs2)cc1Cl. The first-order chi connectivity index (χ1) is 14.3. The average Bonchev–Trinajstić information content (AvgIpc) is 3.42. The number of carboxylic acid groups (broad SMARTS) is 1. The van der Waals surface area contributed by atoms with Crippen LogP contribution in [-0.2, 0) is 10.0 Å². The van der Waals surface area contributed by atoms with Crippen molar-refractivity contribution >= 4 is 44.6 Å². The van der Waals surface area contributed by atoms with Gasteiger partial charge in [0.05, 0.1) is 26.7 Å². The Hall–Kier alpha value is -2.93. The van der Waals surface area contributed by atoms with Crippen LogP contribution < -0.4 is 4.72 Å². The summed E-state index contributed by atoms with van der Waals surface area (Å²) in [4.78, 5) is 15.5. The van der Waals surface area contributed by atoms with Gasteiger partial charge in [0.1, 0.15) is 11.1 Å². The number of halogens is 1. The summed E-state index contributed by atoms with van der Waals surface area (Å²) in [6.45, 7) is 0. The van der Waals surface area contributed by atoms with Gasteiger partial charge in [-0.15, -0.1) is 11.3 Å². The Kier molecular flexibility index (Phi) is 5.24. The number of thiazole rings is 1. The van der Waals surface area contributed by atoms with Crippen LogP contribution >= 0.6 is 22.9 Å². The number of sulfonamides is 1. The first-order valence-electron chi connectivity index (χ1n) is 8.83. The lowest BCUT2D eigenvalue weighted by Crippen LogP contribution is -2.16. The minimum atomic E-state index is -4.15. The highest BCUT2D eigenvalue weighted by Gasteiger charge is 2.32. The van der Waals surface area contributed by atoms with Crippen LogP contribution in [0, 0.1) is 11.3 Å². The second kappa shape index (κ2) is 7.72. The summed E-state index contributed by atoms with van der Waals surface area (Å²) in [5, 5.41) is 21.1. The van der Waals surface area contributed by atoms with Gasteiger partial charge in [-0.05, 0) is 48.6 Å². The molecule has 3 aromatic rings. The normalized spacial score (nSPS) is 13.6. The van der Waals surface area contributed by atoms with Gasteiger partial charge in [-0.2, -0.15) is 5.26 Å². The van der Waals surface area contributed by atoms with E-state index in [2.05, 4.69) is 9.71 Å². The van der Waals surface area contributed by atoms with E-state index in [4.69, 9.17) is 11.6 Å². The van der Waals surface area contributed by atoms with E-state index in [1.54, 1.807) is 17.6 Å². The third-order valence-electron chi connectivity index (χ3n) is 4.70. The van der Waals surface area contributed by atoms with Crippen molar-refractivity contribution in [2.75, 3.05) is 4.72 Å². The quantitative estimate of drug-likeness (QED) is 0.550. The number of nitrogens with zero attached hydrogens (tertiary/aromatic N) is 2. The smallest absolute Gasteiger partial charge is 0.335 e. The van der Waals surface area contributed by atoms with Crippen molar-refractivity contribution in [3.63, 3.8) is 0 Å². The molecule has 0 saturated heterocycles. The van der Waals surface area contributed by atoms with Gasteiger partial charge in [0, 0.05) is 17.1 Å². The molecule has 152 valence electrons. The molecule has 30 heavy (non-hydrogen) atoms. The maximum atomic E-state index is 13.3. The van der Waals surface area contributed by atoms with Crippen LogP contribution in [0.3, 0.4) is 0 Å². The first-order valence-corrected chi connectivity index (χ1v) is 11.6. The lowest BCUT2D eigenvalue weighted by Gasteiger charge is -2.15. The predicted octanol–water partition coefficient (Wildman–Crippen LogP) is 4.71. The van der Waals surface area contributed by atoms with E-state index in [1.807, 2.05) is 6.07 Å². The van der Waals surface area contributed by atoms with E-state index >= 15 is 0 Å². The van der Waals surface area contributed by atoms with Crippen LogP contribution in [-0.4, -0.2) is 24.5 Å². The molecule has 0 aliphatic heterocycles. The van der Waals surface area contributed by atoms with Crippen molar-refractivity contribution in [3.8, 4) is 16.6 Å². The van der Waals surface area contributed by atoms with E-state index in [9.17, 15) is 23.6 Å². The zero-order valence-corrected chi connectivity index (χ0v) is 17.7. The predicted molar refractivity (Wildman–Crippen MR) is 113 cm³/mol. The van der Waals surface area contributed by atoms with Gasteiger partial charge in [0.25, 0.3) is 10.0 Å². The van der Waals surface area contributed by atoms with Gasteiger partial charge in [0.2, 0.25) is 0 Å². The molecular formula is C20H14ClN3O4S2. The highest BCUT2D eigenvalue weighted by molar-refractivity contribution is 7.92. The zero-order valence-electron chi connectivity index (χ0n) is 15.3. The molecule has 1 fully saturated rings. The van der Waals surface area contributed by atoms with E-state index in [-0.39, 0.29) is 32.7 Å². The van der Waals surface area contributed by atoms with Gasteiger partial charge in [-0.25, -0.2) is 18.2 Å². The molecule has 1 aliphatic carbocycles. The number of benzene rings is 2. The molecule has 4 rings (SSSR count). The van der Waals surface area contributed by atoms with Crippen molar-refractivity contribution in [2.24, 2.45) is 0 Å². The molecule has 2 aromatic carbocycles. The number of anilines is 1. The number of carbonyl (C=O) groups is 1. The van der Waals surface area contributed by atoms with Crippen LogP contribution in [0.15, 0.2) is 46.8 Å². The monoisotopic (exact) mass is 459 g/mol. The molecule has 1 saturated carbocycles. The van der Waals surface area contributed by atoms with Gasteiger partial charge in [-0.1, -0.05) is 17.7 Å². The molecule has 1 heterocycles.